The van der Waals surface area contributed by atoms with Crippen molar-refractivity contribution in [1.29, 1.82) is 0 Å². The summed E-state index contributed by atoms with van der Waals surface area (Å²) >= 11 is 6.11. The number of ether oxygens (including phenoxy) is 1. The number of hydrogen-bond acceptors (Lipinski definition) is 3. The highest BCUT2D eigenvalue weighted by molar-refractivity contribution is 6.32. The van der Waals surface area contributed by atoms with Gasteiger partial charge in [0.1, 0.15) is 5.75 Å². The molecule has 0 spiro atoms. The zero-order chi connectivity index (χ0) is 13.3. The zero-order valence-corrected chi connectivity index (χ0v) is 10.9. The standard InChI is InChI=1S/C12H15ClO4/c1-5-6(2)11(17-4)8(7(3)9(5)13)10(14)12(15)16/h10,14H,1-4H3,(H,15,16). The van der Waals surface area contributed by atoms with Crippen molar-refractivity contribution in [3.8, 4) is 5.75 Å². The number of carboxylic acid groups (broad SMARTS) is 1. The minimum absolute atomic E-state index is 0.216. The lowest BCUT2D eigenvalue weighted by Gasteiger charge is -2.20. The van der Waals surface area contributed by atoms with Gasteiger partial charge < -0.3 is 14.9 Å². The summed E-state index contributed by atoms with van der Waals surface area (Å²) in [6.45, 7) is 5.26. The smallest absolute Gasteiger partial charge is 0.337 e. The number of methoxy groups -OCH3 is 1. The third-order valence-electron chi connectivity index (χ3n) is 2.92. The molecule has 0 saturated heterocycles. The third-order valence-corrected chi connectivity index (χ3v) is 3.49. The number of aliphatic carboxylic acids is 1. The SMILES string of the molecule is COc1c(C)c(C)c(Cl)c(C)c1C(O)C(=O)O. The molecule has 0 aliphatic carbocycles. The zero-order valence-electron chi connectivity index (χ0n) is 10.2. The fourth-order valence-electron chi connectivity index (χ4n) is 1.82. The summed E-state index contributed by atoms with van der Waals surface area (Å²) in [6.07, 6.45) is -1.64. The number of hydrogen-bond donors (Lipinski definition) is 2. The Kier molecular flexibility index (Phi) is 4.01. The molecule has 5 heteroatoms. The van der Waals surface area contributed by atoms with Gasteiger partial charge in [-0.05, 0) is 37.5 Å². The number of aliphatic hydroxyl groups excluding tert-OH is 1. The maximum atomic E-state index is 10.9. The van der Waals surface area contributed by atoms with Crippen molar-refractivity contribution in [1.82, 2.24) is 0 Å². The first-order valence-electron chi connectivity index (χ1n) is 5.06. The first kappa shape index (κ1) is 13.8. The maximum absolute atomic E-state index is 10.9. The van der Waals surface area contributed by atoms with Crippen LogP contribution in [0.1, 0.15) is 28.4 Å². The lowest BCUT2D eigenvalue weighted by atomic mass is 9.95. The van der Waals surface area contributed by atoms with Crippen LogP contribution in [0.2, 0.25) is 5.02 Å². The van der Waals surface area contributed by atoms with Crippen LogP contribution < -0.4 is 4.74 Å². The number of carbonyl (C=O) groups is 1. The van der Waals surface area contributed by atoms with E-state index in [0.717, 1.165) is 11.1 Å². The fraction of sp³-hybridized carbons (Fsp3) is 0.417. The van der Waals surface area contributed by atoms with Crippen molar-refractivity contribution >= 4 is 17.6 Å². The van der Waals surface area contributed by atoms with Gasteiger partial charge in [0, 0.05) is 10.6 Å². The quantitative estimate of drug-likeness (QED) is 0.874. The van der Waals surface area contributed by atoms with E-state index in [9.17, 15) is 9.90 Å². The van der Waals surface area contributed by atoms with Gasteiger partial charge in [-0.15, -0.1) is 0 Å². The number of benzene rings is 1. The van der Waals surface area contributed by atoms with Gasteiger partial charge >= 0.3 is 5.97 Å². The second kappa shape index (κ2) is 4.94. The number of halogens is 1. The molecule has 0 aliphatic heterocycles. The number of aliphatic hydroxyl groups is 1. The average Bonchev–Trinajstić information content (AvgIpc) is 2.29. The van der Waals surface area contributed by atoms with Gasteiger partial charge in [-0.1, -0.05) is 11.6 Å². The topological polar surface area (TPSA) is 66.8 Å². The Hall–Kier alpha value is -1.26. The minimum Gasteiger partial charge on any atom is -0.496 e. The second-order valence-electron chi connectivity index (χ2n) is 3.88. The monoisotopic (exact) mass is 258 g/mol. The Balaban J connectivity index is 3.63. The molecule has 1 atom stereocenters. The summed E-state index contributed by atoms with van der Waals surface area (Å²) in [6, 6.07) is 0. The predicted molar refractivity (Wildman–Crippen MR) is 64.8 cm³/mol. The summed E-state index contributed by atoms with van der Waals surface area (Å²) in [5.74, 6) is -0.954. The number of carboxylic acids is 1. The molecule has 0 radical (unpaired) electrons. The van der Waals surface area contributed by atoms with Crippen LogP contribution in [0.4, 0.5) is 0 Å². The second-order valence-corrected chi connectivity index (χ2v) is 4.25. The van der Waals surface area contributed by atoms with Crippen molar-refractivity contribution in [2.24, 2.45) is 0 Å². The summed E-state index contributed by atoms with van der Waals surface area (Å²) in [5.41, 5.74) is 2.30. The van der Waals surface area contributed by atoms with Gasteiger partial charge in [-0.3, -0.25) is 0 Å². The Labute approximate surface area is 105 Å². The molecule has 17 heavy (non-hydrogen) atoms. The summed E-state index contributed by atoms with van der Waals surface area (Å²) in [5, 5.41) is 19.0. The van der Waals surface area contributed by atoms with Crippen LogP contribution >= 0.6 is 11.6 Å². The highest BCUT2D eigenvalue weighted by Crippen LogP contribution is 2.39. The van der Waals surface area contributed by atoms with Crippen molar-refractivity contribution in [3.63, 3.8) is 0 Å². The van der Waals surface area contributed by atoms with E-state index in [-0.39, 0.29) is 5.56 Å². The highest BCUT2D eigenvalue weighted by atomic mass is 35.5. The van der Waals surface area contributed by atoms with Gasteiger partial charge in [0.25, 0.3) is 0 Å². The summed E-state index contributed by atoms with van der Waals surface area (Å²) in [7, 11) is 1.44. The van der Waals surface area contributed by atoms with Crippen LogP contribution in [0, 0.1) is 20.8 Å². The Morgan fingerprint density at radius 2 is 1.76 bits per heavy atom. The molecule has 94 valence electrons. The molecular weight excluding hydrogens is 244 g/mol. The molecule has 0 saturated carbocycles. The lowest BCUT2D eigenvalue weighted by Crippen LogP contribution is -2.14. The van der Waals surface area contributed by atoms with E-state index >= 15 is 0 Å². The Bertz CT molecular complexity index is 468. The van der Waals surface area contributed by atoms with E-state index in [4.69, 9.17) is 21.4 Å². The molecule has 1 rings (SSSR count). The highest BCUT2D eigenvalue weighted by Gasteiger charge is 2.26. The van der Waals surface area contributed by atoms with E-state index in [1.807, 2.05) is 6.92 Å². The molecule has 2 N–H and O–H groups in total. The third kappa shape index (κ3) is 2.23. The van der Waals surface area contributed by atoms with E-state index in [2.05, 4.69) is 0 Å². The van der Waals surface area contributed by atoms with Crippen LogP contribution in [-0.4, -0.2) is 23.3 Å². The minimum atomic E-state index is -1.64. The van der Waals surface area contributed by atoms with Crippen LogP contribution in [0.3, 0.4) is 0 Å². The van der Waals surface area contributed by atoms with Crippen LogP contribution in [0.25, 0.3) is 0 Å². The van der Waals surface area contributed by atoms with Crippen molar-refractivity contribution in [2.45, 2.75) is 26.9 Å². The van der Waals surface area contributed by atoms with Crippen molar-refractivity contribution in [2.75, 3.05) is 7.11 Å². The Morgan fingerprint density at radius 3 is 2.18 bits per heavy atom. The molecule has 1 aromatic rings. The predicted octanol–water partition coefficient (Wildman–Crippen LogP) is 2.39. The number of rotatable bonds is 3. The van der Waals surface area contributed by atoms with Crippen molar-refractivity contribution < 1.29 is 19.7 Å². The fourth-order valence-corrected chi connectivity index (χ4v) is 2.07. The summed E-state index contributed by atoms with van der Waals surface area (Å²) in [4.78, 5) is 10.9. The van der Waals surface area contributed by atoms with E-state index in [1.165, 1.54) is 7.11 Å². The molecule has 0 aromatic heterocycles. The maximum Gasteiger partial charge on any atom is 0.337 e. The Morgan fingerprint density at radius 1 is 1.24 bits per heavy atom. The molecule has 1 aromatic carbocycles. The molecule has 1 unspecified atom stereocenters. The van der Waals surface area contributed by atoms with Gasteiger partial charge in [-0.2, -0.15) is 0 Å². The van der Waals surface area contributed by atoms with Gasteiger partial charge in [-0.25, -0.2) is 4.79 Å². The molecule has 0 bridgehead atoms. The normalized spacial score (nSPS) is 12.4. The van der Waals surface area contributed by atoms with Gasteiger partial charge in [0.15, 0.2) is 6.10 Å². The molecule has 0 aliphatic rings. The molecular formula is C12H15ClO4. The first-order chi connectivity index (χ1) is 7.82. The van der Waals surface area contributed by atoms with E-state index < -0.39 is 12.1 Å². The molecule has 0 heterocycles. The van der Waals surface area contributed by atoms with Crippen LogP contribution in [-0.2, 0) is 4.79 Å². The van der Waals surface area contributed by atoms with E-state index in [0.29, 0.717) is 16.3 Å². The van der Waals surface area contributed by atoms with Crippen molar-refractivity contribution in [3.05, 3.63) is 27.3 Å². The van der Waals surface area contributed by atoms with Crippen LogP contribution in [0.5, 0.6) is 5.75 Å². The largest absolute Gasteiger partial charge is 0.496 e. The van der Waals surface area contributed by atoms with Gasteiger partial charge in [0.05, 0.1) is 7.11 Å². The van der Waals surface area contributed by atoms with Crippen LogP contribution in [0.15, 0.2) is 0 Å². The molecule has 0 amide bonds. The van der Waals surface area contributed by atoms with Gasteiger partial charge in [0.2, 0.25) is 0 Å². The molecule has 0 fully saturated rings. The first-order valence-corrected chi connectivity index (χ1v) is 5.44. The van der Waals surface area contributed by atoms with E-state index in [1.54, 1.807) is 13.8 Å². The summed E-state index contributed by atoms with van der Waals surface area (Å²) < 4.78 is 5.18. The average molecular weight is 259 g/mol. The molecule has 4 nitrogen and oxygen atoms in total. The lowest BCUT2D eigenvalue weighted by molar-refractivity contribution is -0.147.